The Kier molecular flexibility index (Phi) is 18.0. The third kappa shape index (κ3) is 9.54. The zero-order chi connectivity index (χ0) is 10.2. The zero-order valence-electron chi connectivity index (χ0n) is 11.6. The SMILES string of the molecule is CCC1=[C-]CC=C1.CCC1=[C-]CC=C1.[CH3-].[CH3-].[Zr+4]. The van der Waals surface area contributed by atoms with Crippen molar-refractivity contribution in [2.75, 3.05) is 0 Å². The summed E-state index contributed by atoms with van der Waals surface area (Å²) in [4.78, 5) is 0. The Balaban J connectivity index is -0.000000196. The molecule has 2 rings (SSSR count). The predicted molar refractivity (Wildman–Crippen MR) is 74.4 cm³/mol. The summed E-state index contributed by atoms with van der Waals surface area (Å²) in [5, 5.41) is 0. The molecule has 17 heavy (non-hydrogen) atoms. The molecule has 0 aromatic heterocycles. The van der Waals surface area contributed by atoms with E-state index < -0.39 is 0 Å². The van der Waals surface area contributed by atoms with Crippen LogP contribution in [0.5, 0.6) is 0 Å². The van der Waals surface area contributed by atoms with E-state index >= 15 is 0 Å². The quantitative estimate of drug-likeness (QED) is 0.625. The van der Waals surface area contributed by atoms with E-state index in [1.165, 1.54) is 11.1 Å². The average molecular weight is 308 g/mol. The maximum absolute atomic E-state index is 3.21. The van der Waals surface area contributed by atoms with Crippen LogP contribution in [0.25, 0.3) is 0 Å². The van der Waals surface area contributed by atoms with Crippen molar-refractivity contribution < 1.29 is 26.2 Å². The van der Waals surface area contributed by atoms with Gasteiger partial charge in [-0.15, -0.1) is 12.8 Å². The average Bonchev–Trinajstić information content (AvgIpc) is 2.92. The Hall–Kier alpha value is -0.157. The zero-order valence-corrected chi connectivity index (χ0v) is 14.1. The van der Waals surface area contributed by atoms with Crippen molar-refractivity contribution in [3.8, 4) is 0 Å². The van der Waals surface area contributed by atoms with Crippen molar-refractivity contribution in [2.24, 2.45) is 0 Å². The van der Waals surface area contributed by atoms with Gasteiger partial charge in [0.25, 0.3) is 0 Å². The van der Waals surface area contributed by atoms with Crippen LogP contribution in [-0.4, -0.2) is 0 Å². The molecule has 0 saturated carbocycles. The minimum absolute atomic E-state index is 0. The van der Waals surface area contributed by atoms with Gasteiger partial charge in [0.05, 0.1) is 0 Å². The predicted octanol–water partition coefficient (Wildman–Crippen LogP) is 5.07. The summed E-state index contributed by atoms with van der Waals surface area (Å²) < 4.78 is 0. The van der Waals surface area contributed by atoms with Crippen LogP contribution < -0.4 is 0 Å². The minimum Gasteiger partial charge on any atom is -0.358 e. The Bertz CT molecular complexity index is 250. The smallest absolute Gasteiger partial charge is 0.358 e. The van der Waals surface area contributed by atoms with Gasteiger partial charge in [0.2, 0.25) is 0 Å². The van der Waals surface area contributed by atoms with Crippen LogP contribution in [0.4, 0.5) is 0 Å². The second-order valence-corrected chi connectivity index (χ2v) is 3.32. The van der Waals surface area contributed by atoms with Crippen molar-refractivity contribution in [1.29, 1.82) is 0 Å². The van der Waals surface area contributed by atoms with E-state index in [2.05, 4.69) is 50.3 Å². The van der Waals surface area contributed by atoms with Crippen LogP contribution in [0, 0.1) is 27.0 Å². The van der Waals surface area contributed by atoms with Crippen molar-refractivity contribution in [2.45, 2.75) is 39.5 Å². The molecule has 0 spiro atoms. The van der Waals surface area contributed by atoms with Gasteiger partial charge in [-0.25, -0.2) is 23.3 Å². The van der Waals surface area contributed by atoms with Gasteiger partial charge in [-0.2, -0.15) is 12.2 Å². The van der Waals surface area contributed by atoms with Crippen LogP contribution in [0.3, 0.4) is 0 Å². The second kappa shape index (κ2) is 13.9. The van der Waals surface area contributed by atoms with Gasteiger partial charge in [0.1, 0.15) is 0 Å². The molecule has 0 fully saturated rings. The van der Waals surface area contributed by atoms with Crippen molar-refractivity contribution >= 4 is 0 Å². The minimum atomic E-state index is 0. The molecule has 0 heterocycles. The molecule has 0 unspecified atom stereocenters. The molecule has 0 aromatic rings. The number of rotatable bonds is 2. The van der Waals surface area contributed by atoms with Gasteiger partial charge in [-0.1, -0.05) is 26.7 Å². The van der Waals surface area contributed by atoms with Gasteiger partial charge >= 0.3 is 26.2 Å². The molecule has 0 bridgehead atoms. The standard InChI is InChI=1S/2C7H9.2CH3.Zr/c2*1-2-7-5-3-4-6-7;;;/h2*3,5H,2,4H2,1H3;2*1H3;/q4*-1;+4. The first-order valence-corrected chi connectivity index (χ1v) is 5.39. The third-order valence-corrected chi connectivity index (χ3v) is 2.29. The van der Waals surface area contributed by atoms with Crippen LogP contribution >= 0.6 is 0 Å². The van der Waals surface area contributed by atoms with E-state index in [1.807, 2.05) is 0 Å². The molecule has 1 heteroatoms. The first-order chi connectivity index (χ1) is 6.86. The van der Waals surface area contributed by atoms with Crippen molar-refractivity contribution in [3.63, 3.8) is 0 Å². The third-order valence-electron chi connectivity index (χ3n) is 2.29. The maximum atomic E-state index is 3.21. The Labute approximate surface area is 128 Å². The number of hydrogen-bond acceptors (Lipinski definition) is 0. The first-order valence-electron chi connectivity index (χ1n) is 5.39. The Morgan fingerprint density at radius 3 is 1.35 bits per heavy atom. The summed E-state index contributed by atoms with van der Waals surface area (Å²) in [6.45, 7) is 4.30. The summed E-state index contributed by atoms with van der Waals surface area (Å²) in [5.74, 6) is 0. The molecule has 0 radical (unpaired) electrons. The van der Waals surface area contributed by atoms with Crippen molar-refractivity contribution in [3.05, 3.63) is 62.5 Å². The van der Waals surface area contributed by atoms with Crippen LogP contribution in [0.2, 0.25) is 0 Å². The number of hydrogen-bond donors (Lipinski definition) is 0. The molecule has 92 valence electrons. The summed E-state index contributed by atoms with van der Waals surface area (Å²) in [6, 6.07) is 0. The number of allylic oxidation sites excluding steroid dienone is 8. The molecule has 0 nitrogen and oxygen atoms in total. The molecule has 2 aliphatic rings. The van der Waals surface area contributed by atoms with Gasteiger partial charge < -0.3 is 14.9 Å². The van der Waals surface area contributed by atoms with Gasteiger partial charge in [0, 0.05) is 0 Å². The first kappa shape index (κ1) is 22.1. The van der Waals surface area contributed by atoms with Crippen LogP contribution in [0.1, 0.15) is 39.5 Å². The summed E-state index contributed by atoms with van der Waals surface area (Å²) >= 11 is 0. The molecule has 2 aliphatic carbocycles. The van der Waals surface area contributed by atoms with E-state index in [-0.39, 0.29) is 41.1 Å². The van der Waals surface area contributed by atoms with E-state index in [1.54, 1.807) is 0 Å². The van der Waals surface area contributed by atoms with Crippen LogP contribution in [0.15, 0.2) is 35.5 Å². The molecule has 0 aliphatic heterocycles. The van der Waals surface area contributed by atoms with Gasteiger partial charge in [-0.3, -0.25) is 12.2 Å². The fourth-order valence-electron chi connectivity index (χ4n) is 1.39. The van der Waals surface area contributed by atoms with E-state index in [0.29, 0.717) is 0 Å². The molecule has 0 saturated heterocycles. The summed E-state index contributed by atoms with van der Waals surface area (Å²) in [5.41, 5.74) is 2.72. The molecule has 0 atom stereocenters. The monoisotopic (exact) mass is 306 g/mol. The molecular weight excluding hydrogens is 283 g/mol. The van der Waals surface area contributed by atoms with Crippen LogP contribution in [-0.2, 0) is 26.2 Å². The largest absolute Gasteiger partial charge is 4.00 e. The second-order valence-electron chi connectivity index (χ2n) is 3.32. The molecular formula is C16H24Zr. The molecule has 0 N–H and O–H groups in total. The normalized spacial score (nSPS) is 14.5. The Morgan fingerprint density at radius 2 is 1.24 bits per heavy atom. The summed E-state index contributed by atoms with van der Waals surface area (Å²) in [6.07, 6.45) is 19.3. The van der Waals surface area contributed by atoms with E-state index in [0.717, 1.165) is 25.7 Å². The fourth-order valence-corrected chi connectivity index (χ4v) is 1.39. The maximum Gasteiger partial charge on any atom is 4.00 e. The fraction of sp³-hybridized carbons (Fsp3) is 0.375. The summed E-state index contributed by atoms with van der Waals surface area (Å²) in [7, 11) is 0. The molecule has 0 amide bonds. The van der Waals surface area contributed by atoms with E-state index in [9.17, 15) is 0 Å². The van der Waals surface area contributed by atoms with Gasteiger partial charge in [0.15, 0.2) is 0 Å². The Morgan fingerprint density at radius 1 is 0.882 bits per heavy atom. The van der Waals surface area contributed by atoms with E-state index in [4.69, 9.17) is 0 Å². The van der Waals surface area contributed by atoms with Crippen molar-refractivity contribution in [1.82, 2.24) is 0 Å². The van der Waals surface area contributed by atoms with Gasteiger partial charge in [-0.05, 0) is 0 Å². The topological polar surface area (TPSA) is 0 Å². The molecule has 0 aromatic carbocycles.